The van der Waals surface area contributed by atoms with Gasteiger partial charge in [-0.3, -0.25) is 43.8 Å². The molecule has 8 N–H and O–H groups in total. The van der Waals surface area contributed by atoms with Crippen LogP contribution in [0.3, 0.4) is 0 Å². The number of epoxide rings is 1. The number of carbonyl (C=O) groups excluding carboxylic acids is 10. The van der Waals surface area contributed by atoms with Gasteiger partial charge < -0.3 is 65.6 Å². The largest absolute Gasteiger partial charge is 0.495 e. The predicted molar refractivity (Wildman–Crippen MR) is 315 cm³/mol. The molecule has 2 aromatic rings. The van der Waals surface area contributed by atoms with Gasteiger partial charge in [-0.1, -0.05) is 62.6 Å². The molecule has 4 heterocycles. The molecule has 0 spiro atoms. The minimum Gasteiger partial charge on any atom is -0.495 e. The Morgan fingerprint density at radius 2 is 1.69 bits per heavy atom. The summed E-state index contributed by atoms with van der Waals surface area (Å²) in [6.45, 7) is 10.1. The van der Waals surface area contributed by atoms with Crippen LogP contribution in [-0.2, 0) is 58.9 Å². The van der Waals surface area contributed by atoms with E-state index in [1.807, 2.05) is 6.92 Å². The molecule has 0 aliphatic carbocycles. The highest BCUT2D eigenvalue weighted by atomic mass is 35.5. The Balaban J connectivity index is 1.16. The lowest BCUT2D eigenvalue weighted by molar-refractivity contribution is -0.158. The third kappa shape index (κ3) is 17.2. The number of alkyl carbamates (subject to hydrolysis) is 1. The lowest BCUT2D eigenvalue weighted by atomic mass is 9.83. The second-order valence-electron chi connectivity index (χ2n) is 22.8. The van der Waals surface area contributed by atoms with Crippen molar-refractivity contribution in [1.82, 2.24) is 31.1 Å². The Kier molecular flexibility index (Phi) is 23.2. The Morgan fingerprint density at radius 3 is 2.33 bits per heavy atom. The number of nitrogens with two attached hydrogens (primary N) is 1. The van der Waals surface area contributed by atoms with Gasteiger partial charge in [-0.25, -0.2) is 18.8 Å². The summed E-state index contributed by atoms with van der Waals surface area (Å²) in [6, 6.07) is 1.98. The number of esters is 1. The van der Waals surface area contributed by atoms with Gasteiger partial charge in [0.05, 0.1) is 30.9 Å². The molecule has 0 unspecified atom stereocenters. The van der Waals surface area contributed by atoms with Crippen molar-refractivity contribution in [1.29, 1.82) is 0 Å². The van der Waals surface area contributed by atoms with Gasteiger partial charge >= 0.3 is 18.1 Å². The van der Waals surface area contributed by atoms with Gasteiger partial charge in [-0.15, -0.1) is 0 Å². The first-order chi connectivity index (χ1) is 41.0. The Bertz CT molecular complexity index is 3050. The van der Waals surface area contributed by atoms with Crippen LogP contribution in [0.1, 0.15) is 109 Å². The summed E-state index contributed by atoms with van der Waals surface area (Å²) in [7, 11) is 5.54. The highest BCUT2D eigenvalue weighted by molar-refractivity contribution is 6.35. The van der Waals surface area contributed by atoms with E-state index in [9.17, 15) is 53.1 Å². The average Bonchev–Trinajstić information content (AvgIpc) is 1.81. The summed E-state index contributed by atoms with van der Waals surface area (Å²) < 4.78 is 45.5. The molecule has 10 amide bonds. The highest BCUT2D eigenvalue weighted by Gasteiger charge is 2.64. The Labute approximate surface area is 509 Å². The summed E-state index contributed by atoms with van der Waals surface area (Å²) in [6.07, 6.45) is 3.52. The molecule has 27 heteroatoms. The lowest BCUT2D eigenvalue weighted by Crippen LogP contribution is -2.63. The van der Waals surface area contributed by atoms with Crippen molar-refractivity contribution in [2.45, 2.75) is 153 Å². The van der Waals surface area contributed by atoms with Crippen molar-refractivity contribution >= 4 is 82.4 Å². The van der Waals surface area contributed by atoms with E-state index in [1.54, 1.807) is 58.1 Å². The topological polar surface area (TPSA) is 336 Å². The number of ether oxygens (including phenoxy) is 5. The minimum atomic E-state index is -1.94. The molecule has 2 saturated heterocycles. The van der Waals surface area contributed by atoms with Crippen LogP contribution in [0.15, 0.2) is 66.3 Å². The average molecular weight is 1240 g/mol. The summed E-state index contributed by atoms with van der Waals surface area (Å²) in [5.41, 5.74) is 3.05. The Morgan fingerprint density at radius 1 is 0.989 bits per heavy atom. The number of nitrogens with zero attached hydrogens (tertiary/aromatic N) is 3. The summed E-state index contributed by atoms with van der Waals surface area (Å²) in [5.74, 6) is -7.31. The first-order valence-corrected chi connectivity index (χ1v) is 29.0. The molecule has 4 aliphatic rings. The number of imide groups is 1. The number of urea groups is 1. The van der Waals surface area contributed by atoms with Crippen LogP contribution in [0.25, 0.3) is 0 Å². The summed E-state index contributed by atoms with van der Waals surface area (Å²) in [4.78, 5) is 135. The summed E-state index contributed by atoms with van der Waals surface area (Å²) >= 11 is 6.83. The number of carbonyl (C=O) groups is 10. The third-order valence-electron chi connectivity index (χ3n) is 16.0. The molecule has 4 aliphatic heterocycles. The molecule has 6 rings (SSSR count). The monoisotopic (exact) mass is 1240 g/mol. The van der Waals surface area contributed by atoms with Crippen LogP contribution in [-0.4, -0.2) is 170 Å². The smallest absolute Gasteiger partial charge is 0.409 e. The van der Waals surface area contributed by atoms with E-state index in [0.717, 1.165) is 27.5 Å². The molecule has 87 heavy (non-hydrogen) atoms. The molecule has 0 saturated carbocycles. The molecular formula is C60H79ClFN9O16. The lowest BCUT2D eigenvalue weighted by Gasteiger charge is -2.42. The van der Waals surface area contributed by atoms with Crippen LogP contribution in [0.4, 0.5) is 25.4 Å². The van der Waals surface area contributed by atoms with E-state index in [-0.39, 0.29) is 60.9 Å². The van der Waals surface area contributed by atoms with Crippen molar-refractivity contribution in [2.75, 3.05) is 51.6 Å². The molecule has 474 valence electrons. The molecule has 10 atom stereocenters. The van der Waals surface area contributed by atoms with Crippen LogP contribution < -0.4 is 42.0 Å². The first kappa shape index (κ1) is 68.2. The fraction of sp³-hybridized carbons (Fsp3) is 0.533. The van der Waals surface area contributed by atoms with Gasteiger partial charge in [-0.2, -0.15) is 0 Å². The van der Waals surface area contributed by atoms with Gasteiger partial charge in [0.15, 0.2) is 5.72 Å². The molecular weight excluding hydrogens is 1160 g/mol. The van der Waals surface area contributed by atoms with E-state index in [2.05, 4.69) is 26.6 Å². The van der Waals surface area contributed by atoms with Crippen LogP contribution in [0.2, 0.25) is 5.02 Å². The Hall–Kier alpha value is -7.94. The maximum absolute atomic E-state index is 16.1. The number of anilines is 2. The van der Waals surface area contributed by atoms with Crippen molar-refractivity contribution < 1.29 is 81.1 Å². The molecule has 2 fully saturated rings. The number of fused-ring (bicyclic) bond motifs is 5. The predicted octanol–water partition coefficient (Wildman–Crippen LogP) is 4.47. The van der Waals surface area contributed by atoms with E-state index in [0.29, 0.717) is 31.2 Å². The van der Waals surface area contributed by atoms with Crippen molar-refractivity contribution in [2.24, 2.45) is 17.6 Å². The number of hydrogen-bond donors (Lipinski definition) is 7. The molecule has 4 bridgehead atoms. The van der Waals surface area contributed by atoms with E-state index in [1.165, 1.54) is 58.4 Å². The number of allylic oxidation sites excluding steroid dienone is 3. The van der Waals surface area contributed by atoms with Crippen LogP contribution in [0.5, 0.6) is 5.75 Å². The van der Waals surface area contributed by atoms with Gasteiger partial charge in [0, 0.05) is 70.9 Å². The maximum Gasteiger partial charge on any atom is 0.409 e. The number of methoxy groups -OCH3 is 2. The number of likely N-dealkylation sites (N-methyl/N-ethyl adjacent to an activating group) is 1. The highest BCUT2D eigenvalue weighted by Crippen LogP contribution is 2.49. The van der Waals surface area contributed by atoms with E-state index >= 15 is 4.39 Å². The number of primary amides is 1. The van der Waals surface area contributed by atoms with E-state index < -0.39 is 143 Å². The molecule has 0 radical (unpaired) electrons. The first-order valence-electron chi connectivity index (χ1n) is 28.7. The second kappa shape index (κ2) is 29.6. The number of rotatable bonds is 22. The van der Waals surface area contributed by atoms with Crippen molar-refractivity contribution in [3.8, 4) is 5.75 Å². The van der Waals surface area contributed by atoms with Crippen molar-refractivity contribution in [3.05, 3.63) is 88.3 Å². The number of hydrogen-bond acceptors (Lipinski definition) is 16. The zero-order valence-electron chi connectivity index (χ0n) is 50.5. The van der Waals surface area contributed by atoms with Gasteiger partial charge in [0.25, 0.3) is 17.7 Å². The fourth-order valence-corrected chi connectivity index (χ4v) is 10.9. The zero-order chi connectivity index (χ0) is 64.2. The van der Waals surface area contributed by atoms with E-state index in [4.69, 9.17) is 41.0 Å². The van der Waals surface area contributed by atoms with Gasteiger partial charge in [0.1, 0.15) is 58.6 Å². The third-order valence-corrected chi connectivity index (χ3v) is 16.4. The van der Waals surface area contributed by atoms with Crippen molar-refractivity contribution in [3.63, 3.8) is 0 Å². The quantitative estimate of drug-likeness (QED) is 0.0370. The second-order valence-corrected chi connectivity index (χ2v) is 23.1. The van der Waals surface area contributed by atoms with Crippen LogP contribution >= 0.6 is 11.6 Å². The number of amides is 10. The SMILES string of the molecule is COc1cc2cc(c1Cl)N(C)C(=O)C[C@H](OC(=O)[C@H](C)N(C)C(=O)c1ccc(NC(=O)[C@H](CCCNC(N)=O)NC(=O)[C@@H](NC(=O)CCCCCN3C(=O)C=CC3=O)C(C)C)cc1F)[C@]1(C)O[C@H]1[C@H](C)[C@@H]1C[C@@](O)(NC(=O)O1)[C@H](OC)/C=C/C=C(\C)C2. The standard InChI is InChI=1S/C60H79ClFN9O16/c1-32(2)51(67-46(72)19-12-11-13-25-71-47(73)22-23-48(71)74)54(77)66-40(17-15-24-64-57(63)80)53(76)65-37-20-21-38(39(62)29-37)55(78)69(7)35(5)56(79)86-45-30-49(75)70(8)41-27-36(28-42(83-9)50(41)61)26-33(3)16-14-18-44(84-10)60(82)31-43(85-58(81)68-60)34(4)52-59(45,6)87-52/h14,16,18,20-23,27-29,32,34-35,40,43-45,51-52,82H,11-13,15,17,19,24-26,30-31H2,1-10H3,(H,65,76)(H,66,77)(H,67,72)(H,68,81)(H3,63,64,80)/b18-14+,33-16+/t34-,35+,40+,43+,44-,45+,51+,52+,59+,60+/m1/s1. The number of benzene rings is 2. The minimum absolute atomic E-state index is 0.0273. The van der Waals surface area contributed by atoms with Gasteiger partial charge in [-0.05, 0) is 94.7 Å². The molecule has 0 aromatic heterocycles. The maximum atomic E-state index is 16.1. The van der Waals surface area contributed by atoms with Gasteiger partial charge in [0.2, 0.25) is 23.6 Å². The fourth-order valence-electron chi connectivity index (χ4n) is 10.6. The molecule has 2 aromatic carbocycles. The number of aliphatic hydroxyl groups is 1. The number of unbranched alkanes of at least 4 members (excludes halogenated alkanes) is 2. The molecule has 25 nitrogen and oxygen atoms in total. The summed E-state index contributed by atoms with van der Waals surface area (Å²) in [5, 5.41) is 24.8. The van der Waals surface area contributed by atoms with Crippen LogP contribution in [0, 0.1) is 17.7 Å². The zero-order valence-corrected chi connectivity index (χ0v) is 51.2. The number of nitrogens with one attached hydrogen (secondary N) is 5. The normalized spacial score (nSPS) is 24.9. The number of halogens is 2.